The summed E-state index contributed by atoms with van der Waals surface area (Å²) in [7, 11) is 0. The second kappa shape index (κ2) is 10.0. The molecular formula is C23H20BrClF4N4O3. The van der Waals surface area contributed by atoms with Gasteiger partial charge in [0.1, 0.15) is 17.3 Å². The number of ether oxygens (including phenoxy) is 1. The number of alkyl halides is 3. The molecule has 1 saturated heterocycles. The summed E-state index contributed by atoms with van der Waals surface area (Å²) in [4.78, 5) is 32.9. The quantitative estimate of drug-likeness (QED) is 0.304. The molecule has 1 fully saturated rings. The maximum Gasteiger partial charge on any atom is 0.491 e. The Bertz CT molecular complexity index is 1210. The molecule has 1 aliphatic heterocycles. The molecule has 0 radical (unpaired) electrons. The highest BCUT2D eigenvalue weighted by molar-refractivity contribution is 9.10. The van der Waals surface area contributed by atoms with E-state index in [-0.39, 0.29) is 22.8 Å². The molecular weight excluding hydrogens is 572 g/mol. The Kier molecular flexibility index (Phi) is 7.79. The number of hydrogen-bond donors (Lipinski definition) is 1. The summed E-state index contributed by atoms with van der Waals surface area (Å²) in [5, 5.41) is 13.1. The summed E-state index contributed by atoms with van der Waals surface area (Å²) in [6.45, 7) is 5.52. The Morgan fingerprint density at radius 2 is 1.86 bits per heavy atom. The molecule has 0 amide bonds. The molecule has 0 bridgehead atoms. The average molecular weight is 592 g/mol. The van der Waals surface area contributed by atoms with Gasteiger partial charge in [-0.15, -0.1) is 0 Å². The lowest BCUT2D eigenvalue weighted by Gasteiger charge is -2.35. The maximum atomic E-state index is 15.4. The molecule has 0 aliphatic carbocycles. The van der Waals surface area contributed by atoms with Crippen LogP contribution < -0.4 is 5.32 Å². The summed E-state index contributed by atoms with van der Waals surface area (Å²) >= 11 is 9.18. The van der Waals surface area contributed by atoms with Gasteiger partial charge in [-0.2, -0.15) is 18.4 Å². The first-order valence-electron chi connectivity index (χ1n) is 10.5. The molecule has 13 heteroatoms. The number of carbonyl (C=O) groups is 2. The van der Waals surface area contributed by atoms with Gasteiger partial charge in [-0.3, -0.25) is 5.32 Å². The lowest BCUT2D eigenvalue weighted by atomic mass is 9.65. The predicted octanol–water partition coefficient (Wildman–Crippen LogP) is 4.99. The highest BCUT2D eigenvalue weighted by Crippen LogP contribution is 2.51. The van der Waals surface area contributed by atoms with Gasteiger partial charge in [0.05, 0.1) is 15.6 Å². The van der Waals surface area contributed by atoms with E-state index < -0.39 is 52.8 Å². The number of rotatable bonds is 4. The number of nitriles is 1. The van der Waals surface area contributed by atoms with E-state index >= 15 is 4.39 Å². The minimum absolute atomic E-state index is 0.100. The van der Waals surface area contributed by atoms with Crippen LogP contribution in [0.2, 0.25) is 5.02 Å². The van der Waals surface area contributed by atoms with Crippen molar-refractivity contribution in [3.63, 3.8) is 0 Å². The fraction of sp³-hybridized carbons (Fsp3) is 0.435. The van der Waals surface area contributed by atoms with Crippen molar-refractivity contribution in [1.82, 2.24) is 15.3 Å². The van der Waals surface area contributed by atoms with Crippen LogP contribution >= 0.6 is 27.5 Å². The summed E-state index contributed by atoms with van der Waals surface area (Å²) in [6, 6.07) is 3.27. The number of carbonyl (C=O) groups excluding carboxylic acids is 2. The van der Waals surface area contributed by atoms with Gasteiger partial charge in [0.2, 0.25) is 0 Å². The Morgan fingerprint density at radius 1 is 1.25 bits per heavy atom. The van der Waals surface area contributed by atoms with E-state index in [1.807, 2.05) is 20.8 Å². The molecule has 1 aromatic carbocycles. The standard InChI is InChI=1S/C23H20BrClF4N4O3/c1-21(2,3)7-14-22(10-30,19-31-8-11(24)9-32-19)15(12-5-4-6-13(25)16(12)26)17(33-14)18(34)36-20(35)23(27,28)29/h4-6,8-9,14-15,17,33H,7H2,1-3H3/t14-,15-,17+,22+/m0/s1. The summed E-state index contributed by atoms with van der Waals surface area (Å²) in [5.41, 5.74) is -2.60. The van der Waals surface area contributed by atoms with Gasteiger partial charge < -0.3 is 4.74 Å². The molecule has 0 unspecified atom stereocenters. The second-order valence-corrected chi connectivity index (χ2v) is 10.8. The Balaban J connectivity index is 2.29. The van der Waals surface area contributed by atoms with Crippen LogP contribution in [0.15, 0.2) is 35.1 Å². The van der Waals surface area contributed by atoms with E-state index in [1.54, 1.807) is 0 Å². The first-order chi connectivity index (χ1) is 16.6. The number of benzene rings is 1. The van der Waals surface area contributed by atoms with Crippen molar-refractivity contribution >= 4 is 39.5 Å². The van der Waals surface area contributed by atoms with Crippen LogP contribution in [-0.2, 0) is 19.7 Å². The van der Waals surface area contributed by atoms with Crippen LogP contribution in [0.25, 0.3) is 0 Å². The number of halogens is 6. The van der Waals surface area contributed by atoms with Gasteiger partial charge >= 0.3 is 18.1 Å². The lowest BCUT2D eigenvalue weighted by molar-refractivity contribution is -0.202. The van der Waals surface area contributed by atoms with Crippen molar-refractivity contribution < 1.29 is 31.9 Å². The van der Waals surface area contributed by atoms with Gasteiger partial charge in [-0.1, -0.05) is 44.5 Å². The molecule has 3 rings (SSSR count). The highest BCUT2D eigenvalue weighted by Gasteiger charge is 2.63. The van der Waals surface area contributed by atoms with Crippen LogP contribution in [0.4, 0.5) is 17.6 Å². The predicted molar refractivity (Wildman–Crippen MR) is 123 cm³/mol. The topological polar surface area (TPSA) is 105 Å². The van der Waals surface area contributed by atoms with Gasteiger partial charge in [0.15, 0.2) is 5.82 Å². The number of esters is 2. The minimum Gasteiger partial charge on any atom is -0.385 e. The van der Waals surface area contributed by atoms with Gasteiger partial charge in [0, 0.05) is 24.4 Å². The lowest BCUT2D eigenvalue weighted by Crippen LogP contribution is -2.45. The fourth-order valence-electron chi connectivity index (χ4n) is 4.38. The van der Waals surface area contributed by atoms with Crippen molar-refractivity contribution in [2.45, 2.75) is 56.8 Å². The van der Waals surface area contributed by atoms with Crippen LogP contribution in [0, 0.1) is 22.6 Å². The zero-order valence-corrected chi connectivity index (χ0v) is 21.5. The summed E-state index contributed by atoms with van der Waals surface area (Å²) in [5.74, 6) is -6.96. The molecule has 192 valence electrons. The van der Waals surface area contributed by atoms with Crippen LogP contribution in [0.1, 0.15) is 44.5 Å². The molecule has 36 heavy (non-hydrogen) atoms. The molecule has 1 N–H and O–H groups in total. The van der Waals surface area contributed by atoms with Crippen molar-refractivity contribution in [2.75, 3.05) is 0 Å². The molecule has 0 spiro atoms. The van der Waals surface area contributed by atoms with Crippen molar-refractivity contribution in [1.29, 1.82) is 5.26 Å². The molecule has 1 aliphatic rings. The average Bonchev–Trinajstić information content (AvgIpc) is 3.08. The molecule has 2 heterocycles. The maximum absolute atomic E-state index is 15.4. The van der Waals surface area contributed by atoms with Crippen molar-refractivity contribution in [2.24, 2.45) is 5.41 Å². The third-order valence-electron chi connectivity index (χ3n) is 5.74. The van der Waals surface area contributed by atoms with Gasteiger partial charge in [-0.05, 0) is 39.4 Å². The molecule has 2 aromatic rings. The van der Waals surface area contributed by atoms with E-state index in [4.69, 9.17) is 11.6 Å². The third-order valence-corrected chi connectivity index (χ3v) is 6.44. The second-order valence-electron chi connectivity index (χ2n) is 9.49. The third kappa shape index (κ3) is 5.38. The minimum atomic E-state index is -5.45. The van der Waals surface area contributed by atoms with E-state index in [0.717, 1.165) is 0 Å². The number of aromatic nitrogens is 2. The van der Waals surface area contributed by atoms with Gasteiger partial charge in [0.25, 0.3) is 0 Å². The number of nitrogens with zero attached hydrogens (tertiary/aromatic N) is 3. The summed E-state index contributed by atoms with van der Waals surface area (Å²) in [6.07, 6.45) is -2.56. The van der Waals surface area contributed by atoms with Crippen molar-refractivity contribution in [3.05, 3.63) is 57.3 Å². The Morgan fingerprint density at radius 3 is 2.39 bits per heavy atom. The zero-order chi connectivity index (χ0) is 27.1. The van der Waals surface area contributed by atoms with E-state index in [2.05, 4.69) is 42.0 Å². The molecule has 7 nitrogen and oxygen atoms in total. The molecule has 1 aromatic heterocycles. The Hall–Kier alpha value is -2.62. The van der Waals surface area contributed by atoms with Crippen LogP contribution in [0.3, 0.4) is 0 Å². The van der Waals surface area contributed by atoms with Crippen molar-refractivity contribution in [3.8, 4) is 6.07 Å². The van der Waals surface area contributed by atoms with E-state index in [0.29, 0.717) is 4.47 Å². The SMILES string of the molecule is CC(C)(C)C[C@@H]1N[C@@H](C(=O)OC(=O)C(F)(F)F)[C@H](c2cccc(Cl)c2F)[C@]1(C#N)c1ncc(Br)cn1. The fourth-order valence-corrected chi connectivity index (χ4v) is 4.76. The number of hydrogen-bond acceptors (Lipinski definition) is 7. The van der Waals surface area contributed by atoms with Crippen LogP contribution in [0.5, 0.6) is 0 Å². The first-order valence-corrected chi connectivity index (χ1v) is 11.7. The normalized spacial score (nSPS) is 24.3. The largest absolute Gasteiger partial charge is 0.491 e. The van der Waals surface area contributed by atoms with Crippen LogP contribution in [-0.4, -0.2) is 40.2 Å². The van der Waals surface area contributed by atoms with E-state index in [1.165, 1.54) is 30.6 Å². The first kappa shape index (κ1) is 28.0. The molecule has 4 atom stereocenters. The summed E-state index contributed by atoms with van der Waals surface area (Å²) < 4.78 is 58.5. The Labute approximate surface area is 217 Å². The highest BCUT2D eigenvalue weighted by atomic mass is 79.9. The monoisotopic (exact) mass is 590 g/mol. The smallest absolute Gasteiger partial charge is 0.385 e. The molecule has 0 saturated carbocycles. The van der Waals surface area contributed by atoms with Gasteiger partial charge in [-0.25, -0.2) is 23.9 Å². The van der Waals surface area contributed by atoms with E-state index in [9.17, 15) is 28.0 Å². The zero-order valence-electron chi connectivity index (χ0n) is 19.2. The number of nitrogens with one attached hydrogen (secondary N) is 1.